The number of rotatable bonds is 2. The molecule has 0 radical (unpaired) electrons. The zero-order valence-electron chi connectivity index (χ0n) is 10.6. The lowest BCUT2D eigenvalue weighted by molar-refractivity contribution is 0.0839. The molecule has 1 aromatic rings. The minimum Gasteiger partial charge on any atom is -0.332 e. The van der Waals surface area contributed by atoms with Gasteiger partial charge in [0, 0.05) is 25.2 Å². The van der Waals surface area contributed by atoms with Crippen LogP contribution in [0, 0.1) is 0 Å². The van der Waals surface area contributed by atoms with Gasteiger partial charge in [0.25, 0.3) is 11.8 Å². The molecule has 2 atom stereocenters. The molecule has 2 unspecified atom stereocenters. The topological polar surface area (TPSA) is 40.2 Å². The fourth-order valence-electron chi connectivity index (χ4n) is 2.21. The Morgan fingerprint density at radius 1 is 0.944 bits per heavy atom. The summed E-state index contributed by atoms with van der Waals surface area (Å²) in [6.07, 6.45) is 0. The van der Waals surface area contributed by atoms with Crippen molar-refractivity contribution in [2.24, 2.45) is 0 Å². The predicted octanol–water partition coefficient (Wildman–Crippen LogP) is 1.38. The van der Waals surface area contributed by atoms with E-state index in [1.165, 1.54) is 0 Å². The Balaban J connectivity index is 1.90. The molecule has 94 valence electrons. The van der Waals surface area contributed by atoms with E-state index in [2.05, 4.69) is 0 Å². The molecular weight excluding hydrogens is 228 g/mol. The Bertz CT molecular complexity index is 479. The van der Waals surface area contributed by atoms with Crippen LogP contribution in [0.3, 0.4) is 0 Å². The van der Waals surface area contributed by atoms with Gasteiger partial charge in [0.2, 0.25) is 0 Å². The molecule has 2 heterocycles. The van der Waals surface area contributed by atoms with Gasteiger partial charge in [0.15, 0.2) is 0 Å². The minimum atomic E-state index is -0.0269. The van der Waals surface area contributed by atoms with Crippen LogP contribution in [-0.2, 0) is 0 Å². The van der Waals surface area contributed by atoms with Crippen LogP contribution in [0.5, 0.6) is 0 Å². The molecule has 0 spiro atoms. The minimum absolute atomic E-state index is 0.0269. The highest BCUT2D eigenvalue weighted by atomic mass is 16.2. The third-order valence-corrected chi connectivity index (χ3v) is 3.63. The predicted molar refractivity (Wildman–Crippen MR) is 67.4 cm³/mol. The summed E-state index contributed by atoms with van der Waals surface area (Å²) in [5.74, 6) is -0.0538. The van der Waals surface area contributed by atoms with E-state index in [-0.39, 0.29) is 11.8 Å². The smallest absolute Gasteiger partial charge is 0.255 e. The highest BCUT2D eigenvalue weighted by Gasteiger charge is 2.39. The van der Waals surface area contributed by atoms with Gasteiger partial charge in [-0.3, -0.25) is 9.59 Å². The van der Waals surface area contributed by atoms with Gasteiger partial charge in [-0.25, -0.2) is 0 Å². The van der Waals surface area contributed by atoms with E-state index in [1.54, 1.807) is 21.9 Å². The Hall–Kier alpha value is -1.84. The van der Waals surface area contributed by atoms with Crippen molar-refractivity contribution < 1.29 is 9.59 Å². The van der Waals surface area contributed by atoms with Crippen molar-refractivity contribution >= 4 is 11.8 Å². The van der Waals surface area contributed by atoms with E-state index in [9.17, 15) is 9.59 Å². The molecule has 0 aromatic heterocycles. The second-order valence-electron chi connectivity index (χ2n) is 5.16. The van der Waals surface area contributed by atoms with Gasteiger partial charge < -0.3 is 9.80 Å². The average molecular weight is 244 g/mol. The van der Waals surface area contributed by atoms with Gasteiger partial charge in [0.1, 0.15) is 0 Å². The fourth-order valence-corrected chi connectivity index (χ4v) is 2.21. The standard InChI is InChI=1S/C14H16N2O2/c1-9-7-15(9)13(17)11-5-3-4-6-12(11)14(18)16-8-10(16)2/h3-6,9-10H,7-8H2,1-2H3. The maximum absolute atomic E-state index is 12.2. The van der Waals surface area contributed by atoms with Gasteiger partial charge in [-0.1, -0.05) is 12.1 Å². The second kappa shape index (κ2) is 3.83. The second-order valence-corrected chi connectivity index (χ2v) is 5.16. The molecule has 0 saturated carbocycles. The van der Waals surface area contributed by atoms with Crippen molar-refractivity contribution in [3.05, 3.63) is 35.4 Å². The molecule has 0 bridgehead atoms. The molecule has 2 aliphatic rings. The third-order valence-electron chi connectivity index (χ3n) is 3.63. The van der Waals surface area contributed by atoms with Gasteiger partial charge in [-0.15, -0.1) is 0 Å². The first-order chi connectivity index (χ1) is 8.59. The summed E-state index contributed by atoms with van der Waals surface area (Å²) < 4.78 is 0. The van der Waals surface area contributed by atoms with E-state index >= 15 is 0 Å². The van der Waals surface area contributed by atoms with Crippen molar-refractivity contribution in [2.75, 3.05) is 13.1 Å². The zero-order chi connectivity index (χ0) is 12.9. The van der Waals surface area contributed by atoms with Gasteiger partial charge in [-0.2, -0.15) is 0 Å². The number of carbonyl (C=O) groups is 2. The normalized spacial score (nSPS) is 25.0. The molecule has 18 heavy (non-hydrogen) atoms. The molecule has 0 N–H and O–H groups in total. The largest absolute Gasteiger partial charge is 0.332 e. The third kappa shape index (κ3) is 1.78. The Morgan fingerprint density at radius 3 is 1.56 bits per heavy atom. The number of benzene rings is 1. The van der Waals surface area contributed by atoms with Crippen molar-refractivity contribution in [1.29, 1.82) is 0 Å². The van der Waals surface area contributed by atoms with Crippen LogP contribution in [0.2, 0.25) is 0 Å². The molecular formula is C14H16N2O2. The Morgan fingerprint density at radius 2 is 1.28 bits per heavy atom. The molecule has 1 aromatic carbocycles. The van der Waals surface area contributed by atoms with Crippen LogP contribution < -0.4 is 0 Å². The van der Waals surface area contributed by atoms with Crippen LogP contribution in [0.15, 0.2) is 24.3 Å². The number of carbonyl (C=O) groups excluding carboxylic acids is 2. The van der Waals surface area contributed by atoms with Crippen LogP contribution in [0.25, 0.3) is 0 Å². The summed E-state index contributed by atoms with van der Waals surface area (Å²) in [5.41, 5.74) is 1.07. The van der Waals surface area contributed by atoms with Crippen molar-refractivity contribution in [2.45, 2.75) is 25.9 Å². The van der Waals surface area contributed by atoms with Crippen molar-refractivity contribution in [3.63, 3.8) is 0 Å². The average Bonchev–Trinajstić information content (AvgIpc) is 3.27. The molecule has 3 rings (SSSR count). The van der Waals surface area contributed by atoms with Crippen LogP contribution in [-0.4, -0.2) is 46.8 Å². The number of hydrogen-bond acceptors (Lipinski definition) is 2. The Kier molecular flexibility index (Phi) is 2.40. The Labute approximate surface area is 106 Å². The van der Waals surface area contributed by atoms with Crippen LogP contribution >= 0.6 is 0 Å². The summed E-state index contributed by atoms with van der Waals surface area (Å²) in [6, 6.07) is 7.72. The quantitative estimate of drug-likeness (QED) is 0.737. The lowest BCUT2D eigenvalue weighted by atomic mass is 10.1. The first-order valence-electron chi connectivity index (χ1n) is 6.30. The summed E-state index contributed by atoms with van der Waals surface area (Å²) in [5, 5.41) is 0. The lowest BCUT2D eigenvalue weighted by Gasteiger charge is -2.09. The summed E-state index contributed by atoms with van der Waals surface area (Å²) in [6.45, 7) is 5.60. The summed E-state index contributed by atoms with van der Waals surface area (Å²) >= 11 is 0. The molecule has 2 fully saturated rings. The molecule has 4 heteroatoms. The van der Waals surface area contributed by atoms with E-state index < -0.39 is 0 Å². The number of hydrogen-bond donors (Lipinski definition) is 0. The van der Waals surface area contributed by atoms with Crippen LogP contribution in [0.1, 0.15) is 34.6 Å². The van der Waals surface area contributed by atoms with E-state index in [0.717, 1.165) is 13.1 Å². The van der Waals surface area contributed by atoms with Gasteiger partial charge in [-0.05, 0) is 26.0 Å². The maximum atomic E-state index is 12.2. The van der Waals surface area contributed by atoms with Crippen molar-refractivity contribution in [1.82, 2.24) is 9.80 Å². The SMILES string of the molecule is CC1CN1C(=O)c1ccccc1C(=O)N1CC1C. The van der Waals surface area contributed by atoms with E-state index in [4.69, 9.17) is 0 Å². The summed E-state index contributed by atoms with van der Waals surface area (Å²) in [7, 11) is 0. The highest BCUT2D eigenvalue weighted by Crippen LogP contribution is 2.26. The first-order valence-corrected chi connectivity index (χ1v) is 6.30. The molecule has 2 aliphatic heterocycles. The monoisotopic (exact) mass is 244 g/mol. The van der Waals surface area contributed by atoms with Gasteiger partial charge >= 0.3 is 0 Å². The maximum Gasteiger partial charge on any atom is 0.255 e. The summed E-state index contributed by atoms with van der Waals surface area (Å²) in [4.78, 5) is 28.0. The molecule has 0 aliphatic carbocycles. The fraction of sp³-hybridized carbons (Fsp3) is 0.429. The van der Waals surface area contributed by atoms with Crippen LogP contribution in [0.4, 0.5) is 0 Å². The van der Waals surface area contributed by atoms with Crippen molar-refractivity contribution in [3.8, 4) is 0 Å². The molecule has 4 nitrogen and oxygen atoms in total. The lowest BCUT2D eigenvalue weighted by Crippen LogP contribution is -2.21. The molecule has 2 amide bonds. The highest BCUT2D eigenvalue weighted by molar-refractivity contribution is 6.08. The molecule has 2 saturated heterocycles. The van der Waals surface area contributed by atoms with E-state index in [1.807, 2.05) is 26.0 Å². The van der Waals surface area contributed by atoms with E-state index in [0.29, 0.717) is 23.2 Å². The zero-order valence-corrected chi connectivity index (χ0v) is 10.6. The first kappa shape index (κ1) is 11.3. The number of nitrogens with zero attached hydrogens (tertiary/aromatic N) is 2. The number of amides is 2. The van der Waals surface area contributed by atoms with Gasteiger partial charge in [0.05, 0.1) is 11.1 Å².